The van der Waals surface area contributed by atoms with Crippen molar-refractivity contribution < 1.29 is 5.06 Å². The number of nitrogens with one attached hydrogen (secondary N) is 1. The summed E-state index contributed by atoms with van der Waals surface area (Å²) in [7, 11) is 0. The lowest BCUT2D eigenvalue weighted by Crippen LogP contribution is -3.18. The zero-order chi connectivity index (χ0) is 5.61. The minimum atomic E-state index is 0.490. The molecule has 0 aromatic carbocycles. The first-order chi connectivity index (χ1) is 3.81. The number of hydroxylamine groups is 2. The van der Waals surface area contributed by atoms with Crippen LogP contribution < -0.4 is 5.06 Å². The highest BCUT2D eigenvalue weighted by atomic mass is 16.5. The van der Waals surface area contributed by atoms with Crippen LogP contribution in [-0.2, 0) is 0 Å². The predicted molar refractivity (Wildman–Crippen MR) is 30.3 cm³/mol. The molecule has 0 aromatic heterocycles. The van der Waals surface area contributed by atoms with Crippen LogP contribution in [0.15, 0.2) is 0 Å². The van der Waals surface area contributed by atoms with Gasteiger partial charge in [-0.15, -0.1) is 0 Å². The normalized spacial score (nSPS) is 34.1. The van der Waals surface area contributed by atoms with Gasteiger partial charge in [0, 0.05) is 0 Å². The summed E-state index contributed by atoms with van der Waals surface area (Å²) in [6.45, 7) is 1.82. The summed E-state index contributed by atoms with van der Waals surface area (Å²) in [6.07, 6.45) is 4.03. The minimum absolute atomic E-state index is 0.490. The highest BCUT2D eigenvalue weighted by Crippen LogP contribution is 2.41. The lowest BCUT2D eigenvalue weighted by Gasteiger charge is -2.53. The van der Waals surface area contributed by atoms with Crippen molar-refractivity contribution in [1.82, 2.24) is 0 Å². The summed E-state index contributed by atoms with van der Waals surface area (Å²) in [5, 5.41) is 11.0. The zero-order valence-electron chi connectivity index (χ0n) is 4.94. The summed E-state index contributed by atoms with van der Waals surface area (Å²) in [5.41, 5.74) is 0.567. The second-order valence-electron chi connectivity index (χ2n) is 3.25. The third kappa shape index (κ3) is 0.446. The van der Waals surface area contributed by atoms with Crippen molar-refractivity contribution in [3.8, 4) is 0 Å². The topological polar surface area (TPSA) is 27.5 Å². The highest BCUT2D eigenvalue weighted by molar-refractivity contribution is 4.91. The molecule has 0 radical (unpaired) electrons. The van der Waals surface area contributed by atoms with E-state index >= 15 is 0 Å². The molecule has 2 aliphatic rings. The third-order valence-electron chi connectivity index (χ3n) is 2.56. The molecule has 2 nitrogen and oxygen atoms in total. The Morgan fingerprint density at radius 1 is 1.25 bits per heavy atom. The lowest BCUT2D eigenvalue weighted by molar-refractivity contribution is -0.918. The van der Waals surface area contributed by atoms with E-state index in [9.17, 15) is 5.21 Å². The molecule has 1 heterocycles. The Hall–Kier alpha value is -0.0800. The molecule has 46 valence electrons. The first-order valence-electron chi connectivity index (χ1n) is 3.33. The molecular weight excluding hydrogens is 102 g/mol. The standard InChI is InChI=1S/C6H11NO/c8-7-4-6(5-7)2-1-3-6/h7H,1-5H2. The number of hydrogen-bond acceptors (Lipinski definition) is 1. The molecule has 0 atom stereocenters. The van der Waals surface area contributed by atoms with Crippen molar-refractivity contribution in [2.45, 2.75) is 19.3 Å². The molecular formula is C6H11NO. The SMILES string of the molecule is [O-][NH+]1CC2(CCC2)C1. The van der Waals surface area contributed by atoms with Crippen molar-refractivity contribution in [3.63, 3.8) is 0 Å². The average Bonchev–Trinajstić information content (AvgIpc) is 1.51. The van der Waals surface area contributed by atoms with Gasteiger partial charge in [0.25, 0.3) is 0 Å². The van der Waals surface area contributed by atoms with Crippen LogP contribution in [0.25, 0.3) is 0 Å². The number of quaternary nitrogens is 1. The van der Waals surface area contributed by atoms with E-state index < -0.39 is 0 Å². The molecule has 2 fully saturated rings. The van der Waals surface area contributed by atoms with E-state index in [1.54, 1.807) is 0 Å². The lowest BCUT2D eigenvalue weighted by atomic mass is 9.64. The number of rotatable bonds is 0. The molecule has 1 saturated carbocycles. The van der Waals surface area contributed by atoms with E-state index in [0.717, 1.165) is 13.1 Å². The van der Waals surface area contributed by atoms with Gasteiger partial charge in [-0.05, 0) is 12.8 Å². The average molecular weight is 113 g/mol. The summed E-state index contributed by atoms with van der Waals surface area (Å²) in [6, 6.07) is 0. The summed E-state index contributed by atoms with van der Waals surface area (Å²) in [4.78, 5) is 0. The van der Waals surface area contributed by atoms with Crippen molar-refractivity contribution >= 4 is 0 Å². The maximum atomic E-state index is 10.5. The summed E-state index contributed by atoms with van der Waals surface area (Å²) < 4.78 is 0. The van der Waals surface area contributed by atoms with Crippen LogP contribution in [0, 0.1) is 10.6 Å². The van der Waals surface area contributed by atoms with Gasteiger partial charge in [-0.25, -0.2) is 0 Å². The van der Waals surface area contributed by atoms with Gasteiger partial charge in [-0.1, -0.05) is 6.42 Å². The second-order valence-corrected chi connectivity index (χ2v) is 3.25. The van der Waals surface area contributed by atoms with Crippen LogP contribution >= 0.6 is 0 Å². The van der Waals surface area contributed by atoms with E-state index in [1.807, 2.05) is 0 Å². The van der Waals surface area contributed by atoms with Crippen LogP contribution in [0.1, 0.15) is 19.3 Å². The van der Waals surface area contributed by atoms with E-state index in [0.29, 0.717) is 10.5 Å². The van der Waals surface area contributed by atoms with Crippen LogP contribution in [0.2, 0.25) is 0 Å². The van der Waals surface area contributed by atoms with Gasteiger partial charge in [-0.2, -0.15) is 0 Å². The Morgan fingerprint density at radius 2 is 1.88 bits per heavy atom. The van der Waals surface area contributed by atoms with Crippen LogP contribution in [0.5, 0.6) is 0 Å². The molecule has 1 N–H and O–H groups in total. The Labute approximate surface area is 49.1 Å². The second kappa shape index (κ2) is 1.25. The first-order valence-corrected chi connectivity index (χ1v) is 3.33. The molecule has 1 spiro atoms. The van der Waals surface area contributed by atoms with E-state index in [4.69, 9.17) is 0 Å². The van der Waals surface area contributed by atoms with Crippen LogP contribution in [0.4, 0.5) is 0 Å². The Bertz CT molecular complexity index is 101. The maximum absolute atomic E-state index is 10.5. The van der Waals surface area contributed by atoms with Gasteiger partial charge in [0.2, 0.25) is 0 Å². The van der Waals surface area contributed by atoms with Gasteiger partial charge in [0.15, 0.2) is 0 Å². The number of hydrogen-bond donors (Lipinski definition) is 1. The van der Waals surface area contributed by atoms with Crippen molar-refractivity contribution in [2.75, 3.05) is 13.1 Å². The van der Waals surface area contributed by atoms with Crippen LogP contribution in [-0.4, -0.2) is 13.1 Å². The molecule has 0 amide bonds. The van der Waals surface area contributed by atoms with Gasteiger partial charge in [0.1, 0.15) is 0 Å². The van der Waals surface area contributed by atoms with Crippen molar-refractivity contribution in [3.05, 3.63) is 5.21 Å². The van der Waals surface area contributed by atoms with Gasteiger partial charge in [-0.3, -0.25) is 0 Å². The molecule has 0 unspecified atom stereocenters. The Balaban J connectivity index is 1.92. The largest absolute Gasteiger partial charge is 0.634 e. The first kappa shape index (κ1) is 4.77. The molecule has 0 aromatic rings. The predicted octanol–water partition coefficient (Wildman–Crippen LogP) is -0.447. The summed E-state index contributed by atoms with van der Waals surface area (Å²) in [5.74, 6) is 0. The smallest absolute Gasteiger partial charge is 0.0880 e. The molecule has 0 bridgehead atoms. The fourth-order valence-corrected chi connectivity index (χ4v) is 1.82. The van der Waals surface area contributed by atoms with Crippen LogP contribution in [0.3, 0.4) is 0 Å². The van der Waals surface area contributed by atoms with Gasteiger partial charge < -0.3 is 10.3 Å². The molecule has 1 aliphatic carbocycles. The summed E-state index contributed by atoms with van der Waals surface area (Å²) >= 11 is 0. The molecule has 1 saturated heterocycles. The monoisotopic (exact) mass is 113 g/mol. The molecule has 2 rings (SSSR count). The van der Waals surface area contributed by atoms with Gasteiger partial charge in [0.05, 0.1) is 18.5 Å². The quantitative estimate of drug-likeness (QED) is 0.423. The van der Waals surface area contributed by atoms with Gasteiger partial charge >= 0.3 is 0 Å². The minimum Gasteiger partial charge on any atom is -0.634 e. The third-order valence-corrected chi connectivity index (χ3v) is 2.56. The Morgan fingerprint density at radius 3 is 2.00 bits per heavy atom. The highest BCUT2D eigenvalue weighted by Gasteiger charge is 2.48. The van der Waals surface area contributed by atoms with Crippen molar-refractivity contribution in [2.24, 2.45) is 5.41 Å². The van der Waals surface area contributed by atoms with E-state index in [2.05, 4.69) is 0 Å². The Kier molecular flexibility index (Phi) is 0.746. The van der Waals surface area contributed by atoms with E-state index in [1.165, 1.54) is 19.3 Å². The fraction of sp³-hybridized carbons (Fsp3) is 1.00. The molecule has 1 aliphatic heterocycles. The van der Waals surface area contributed by atoms with E-state index in [-0.39, 0.29) is 0 Å². The zero-order valence-corrected chi connectivity index (χ0v) is 4.94. The molecule has 8 heavy (non-hydrogen) atoms. The van der Waals surface area contributed by atoms with Crippen molar-refractivity contribution in [1.29, 1.82) is 0 Å². The molecule has 2 heteroatoms. The fourth-order valence-electron chi connectivity index (χ4n) is 1.82. The maximum Gasteiger partial charge on any atom is 0.0880 e.